The fraction of sp³-hybridized carbons (Fsp3) is 0.188. The van der Waals surface area contributed by atoms with E-state index in [0.29, 0.717) is 29.6 Å². The van der Waals surface area contributed by atoms with E-state index in [1.54, 1.807) is 35.3 Å². The summed E-state index contributed by atoms with van der Waals surface area (Å²) in [7, 11) is 0. The highest BCUT2D eigenvalue weighted by molar-refractivity contribution is 9.10. The number of nitrogens with one attached hydrogen (secondary N) is 1. The number of hydrogen-bond acceptors (Lipinski definition) is 4. The first-order valence-corrected chi connectivity index (χ1v) is 9.55. The number of hydrogen-bond donors (Lipinski definition) is 1. The van der Waals surface area contributed by atoms with Gasteiger partial charge in [0, 0.05) is 23.4 Å². The van der Waals surface area contributed by atoms with Gasteiger partial charge >= 0.3 is 0 Å². The molecule has 136 valence electrons. The maximum Gasteiger partial charge on any atom is 0.271 e. The van der Waals surface area contributed by atoms with Gasteiger partial charge in [-0.2, -0.15) is 10.2 Å². The van der Waals surface area contributed by atoms with Crippen molar-refractivity contribution in [3.8, 4) is 5.75 Å². The lowest BCUT2D eigenvalue weighted by Crippen LogP contribution is -2.28. The van der Waals surface area contributed by atoms with Gasteiger partial charge in [0.1, 0.15) is 11.4 Å². The molecule has 1 amide bonds. The largest absolute Gasteiger partial charge is 0.470 e. The average Bonchev–Trinajstić information content (AvgIpc) is 3.23. The van der Waals surface area contributed by atoms with Crippen LogP contribution in [0.3, 0.4) is 0 Å². The number of halogens is 3. The van der Waals surface area contributed by atoms with Crippen molar-refractivity contribution in [2.75, 3.05) is 6.54 Å². The lowest BCUT2D eigenvalue weighted by Gasteiger charge is -2.08. The Morgan fingerprint density at radius 1 is 1.23 bits per heavy atom. The normalized spacial score (nSPS) is 10.7. The lowest BCUT2D eigenvalue weighted by molar-refractivity contribution is 0.0945. The first-order chi connectivity index (χ1) is 12.5. The van der Waals surface area contributed by atoms with E-state index in [4.69, 9.17) is 16.3 Å². The zero-order chi connectivity index (χ0) is 18.5. The number of nitrogens with zero attached hydrogens (tertiary/aromatic N) is 4. The van der Waals surface area contributed by atoms with Crippen LogP contribution >= 0.6 is 43.5 Å². The van der Waals surface area contributed by atoms with Crippen LogP contribution < -0.4 is 10.1 Å². The predicted molar refractivity (Wildman–Crippen MR) is 104 cm³/mol. The van der Waals surface area contributed by atoms with Crippen LogP contribution in [0.15, 0.2) is 51.8 Å². The highest BCUT2D eigenvalue weighted by Crippen LogP contribution is 2.27. The van der Waals surface area contributed by atoms with Gasteiger partial charge in [-0.3, -0.25) is 9.48 Å². The number of amides is 1. The highest BCUT2D eigenvalue weighted by atomic mass is 79.9. The molecule has 0 spiro atoms. The monoisotopic (exact) mass is 501 g/mol. The summed E-state index contributed by atoms with van der Waals surface area (Å²) < 4.78 is 10.6. The van der Waals surface area contributed by atoms with Crippen molar-refractivity contribution in [1.82, 2.24) is 24.9 Å². The van der Waals surface area contributed by atoms with Crippen molar-refractivity contribution < 1.29 is 9.53 Å². The van der Waals surface area contributed by atoms with Crippen molar-refractivity contribution in [3.05, 3.63) is 62.5 Å². The van der Waals surface area contributed by atoms with Gasteiger partial charge in [-0.05, 0) is 40.2 Å². The first kappa shape index (κ1) is 18.9. The SMILES string of the molecule is O=C(NCCn1cc(Br)cn1)c1ccn(COc2ccc(Br)cc2Cl)n1. The molecule has 26 heavy (non-hydrogen) atoms. The topological polar surface area (TPSA) is 74.0 Å². The van der Waals surface area contributed by atoms with Gasteiger partial charge in [0.15, 0.2) is 6.73 Å². The van der Waals surface area contributed by atoms with Gasteiger partial charge in [-0.15, -0.1) is 0 Å². The molecule has 3 rings (SSSR count). The van der Waals surface area contributed by atoms with Crippen molar-refractivity contribution in [1.29, 1.82) is 0 Å². The molecule has 0 aliphatic rings. The minimum Gasteiger partial charge on any atom is -0.470 e. The Balaban J connectivity index is 1.49. The molecule has 2 aromatic heterocycles. The van der Waals surface area contributed by atoms with Crippen LogP contribution in [0.25, 0.3) is 0 Å². The van der Waals surface area contributed by atoms with Crippen molar-refractivity contribution >= 4 is 49.4 Å². The number of rotatable bonds is 7. The van der Waals surface area contributed by atoms with Gasteiger partial charge in [-0.1, -0.05) is 27.5 Å². The molecule has 7 nitrogen and oxygen atoms in total. The summed E-state index contributed by atoms with van der Waals surface area (Å²) in [6, 6.07) is 6.97. The van der Waals surface area contributed by atoms with Gasteiger partial charge in [0.2, 0.25) is 0 Å². The molecule has 0 unspecified atom stereocenters. The zero-order valence-electron chi connectivity index (χ0n) is 13.4. The van der Waals surface area contributed by atoms with E-state index in [0.717, 1.165) is 8.95 Å². The molecule has 0 bridgehead atoms. The predicted octanol–water partition coefficient (Wildman–Crippen LogP) is 3.72. The van der Waals surface area contributed by atoms with Crippen LogP contribution in [0, 0.1) is 0 Å². The van der Waals surface area contributed by atoms with Crippen LogP contribution in [0.1, 0.15) is 10.5 Å². The standard InChI is InChI=1S/C16H14Br2ClN5O2/c17-11-1-2-15(13(19)7-11)26-10-24-5-3-14(22-24)16(25)20-4-6-23-9-12(18)8-21-23/h1-3,5,7-9H,4,6,10H2,(H,20,25). The van der Waals surface area contributed by atoms with Gasteiger partial charge in [-0.25, -0.2) is 4.68 Å². The molecule has 0 fully saturated rings. The summed E-state index contributed by atoms with van der Waals surface area (Å²) in [5, 5.41) is 11.6. The third-order valence-corrected chi connectivity index (χ3v) is 4.55. The summed E-state index contributed by atoms with van der Waals surface area (Å²) in [4.78, 5) is 12.1. The zero-order valence-corrected chi connectivity index (χ0v) is 17.3. The Labute approximate surface area is 171 Å². The maximum atomic E-state index is 12.1. The molecule has 0 radical (unpaired) electrons. The second-order valence-corrected chi connectivity index (χ2v) is 7.50. The fourth-order valence-electron chi connectivity index (χ4n) is 2.12. The number of ether oxygens (including phenoxy) is 1. The molecule has 1 aromatic carbocycles. The minimum absolute atomic E-state index is 0.149. The van der Waals surface area contributed by atoms with Crippen molar-refractivity contribution in [3.63, 3.8) is 0 Å². The number of carbonyl (C=O) groups is 1. The third-order valence-electron chi connectivity index (χ3n) is 3.35. The molecule has 0 saturated carbocycles. The second-order valence-electron chi connectivity index (χ2n) is 5.27. The quantitative estimate of drug-likeness (QED) is 0.533. The number of benzene rings is 1. The third kappa shape index (κ3) is 5.09. The molecule has 1 N–H and O–H groups in total. The van der Waals surface area contributed by atoms with Gasteiger partial charge in [0.05, 0.1) is 22.2 Å². The first-order valence-electron chi connectivity index (χ1n) is 7.59. The highest BCUT2D eigenvalue weighted by Gasteiger charge is 2.10. The maximum absolute atomic E-state index is 12.1. The number of aromatic nitrogens is 4. The van der Waals surface area contributed by atoms with Crippen LogP contribution in [0.5, 0.6) is 5.75 Å². The molecule has 10 heteroatoms. The molecule has 0 saturated heterocycles. The average molecular weight is 504 g/mol. The van der Waals surface area contributed by atoms with Crippen LogP contribution in [-0.2, 0) is 13.3 Å². The lowest BCUT2D eigenvalue weighted by atomic mass is 10.3. The summed E-state index contributed by atoms with van der Waals surface area (Å²) in [5.41, 5.74) is 0.317. The van der Waals surface area contributed by atoms with Gasteiger partial charge in [0.25, 0.3) is 5.91 Å². The van der Waals surface area contributed by atoms with E-state index < -0.39 is 0 Å². The Hall–Kier alpha value is -1.84. The molecule has 0 atom stereocenters. The van der Waals surface area contributed by atoms with E-state index in [1.807, 2.05) is 12.3 Å². The van der Waals surface area contributed by atoms with Crippen molar-refractivity contribution in [2.24, 2.45) is 0 Å². The Kier molecular flexibility index (Phi) is 6.33. The molecule has 0 aliphatic heterocycles. The summed E-state index contributed by atoms with van der Waals surface area (Å²) in [5.74, 6) is 0.290. The van der Waals surface area contributed by atoms with E-state index in [9.17, 15) is 4.79 Å². The van der Waals surface area contributed by atoms with Crippen LogP contribution in [0.4, 0.5) is 0 Å². The van der Waals surface area contributed by atoms with Crippen LogP contribution in [-0.4, -0.2) is 32.0 Å². The Morgan fingerprint density at radius 3 is 2.81 bits per heavy atom. The summed E-state index contributed by atoms with van der Waals surface area (Å²) in [6.07, 6.45) is 5.21. The Morgan fingerprint density at radius 2 is 2.08 bits per heavy atom. The summed E-state index contributed by atoms with van der Waals surface area (Å²) >= 11 is 12.8. The molecule has 3 aromatic rings. The molecular weight excluding hydrogens is 489 g/mol. The van der Waals surface area contributed by atoms with E-state index in [2.05, 4.69) is 47.4 Å². The smallest absolute Gasteiger partial charge is 0.271 e. The summed E-state index contributed by atoms with van der Waals surface area (Å²) in [6.45, 7) is 1.17. The van der Waals surface area contributed by atoms with Crippen LogP contribution in [0.2, 0.25) is 5.02 Å². The molecule has 0 aliphatic carbocycles. The second kappa shape index (κ2) is 8.70. The van der Waals surface area contributed by atoms with Crippen molar-refractivity contribution in [2.45, 2.75) is 13.3 Å². The van der Waals surface area contributed by atoms with E-state index >= 15 is 0 Å². The van der Waals surface area contributed by atoms with Gasteiger partial charge < -0.3 is 10.1 Å². The van der Waals surface area contributed by atoms with E-state index in [1.165, 1.54) is 4.68 Å². The number of carbonyl (C=O) groups excluding carboxylic acids is 1. The van der Waals surface area contributed by atoms with E-state index in [-0.39, 0.29) is 12.6 Å². The minimum atomic E-state index is -0.253. The fourth-order valence-corrected chi connectivity index (χ4v) is 3.17. The molecule has 2 heterocycles. The Bertz CT molecular complexity index is 912. The molecular formula is C16H14Br2ClN5O2.